The first kappa shape index (κ1) is 15.4. The number of nitrogens with two attached hydrogens (primary N) is 2. The van der Waals surface area contributed by atoms with Crippen molar-refractivity contribution in [1.82, 2.24) is 0 Å². The Bertz CT molecular complexity index is 225. The van der Waals surface area contributed by atoms with Crippen LogP contribution in [0.15, 0.2) is 0 Å². The molecule has 2 nitrogen and oxygen atoms in total. The van der Waals surface area contributed by atoms with E-state index in [4.69, 9.17) is 5.73 Å². The molecule has 0 heterocycles. The van der Waals surface area contributed by atoms with E-state index in [-0.39, 0.29) is 13.0 Å². The highest BCUT2D eigenvalue weighted by Crippen LogP contribution is 2.48. The van der Waals surface area contributed by atoms with E-state index in [9.17, 15) is 30.7 Å². The third-order valence-electron chi connectivity index (χ3n) is 1.96. The van der Waals surface area contributed by atoms with Crippen LogP contribution in [0.5, 0.6) is 0 Å². The summed E-state index contributed by atoms with van der Waals surface area (Å²) >= 11 is 0. The summed E-state index contributed by atoms with van der Waals surface area (Å²) in [5, 5.41) is 0. The second kappa shape index (κ2) is 4.74. The van der Waals surface area contributed by atoms with Crippen LogP contribution in [0.2, 0.25) is 0 Å². The standard InChI is InChI=1S/C7H11F7N2/c8-5(9,4(16)2-1-3-15)6(10,11)7(12,13)14/h4H,1-3,15-16H2/t4-/m0/s1. The Morgan fingerprint density at radius 3 is 1.69 bits per heavy atom. The van der Waals surface area contributed by atoms with E-state index in [2.05, 4.69) is 5.73 Å². The first-order valence-electron chi connectivity index (χ1n) is 4.26. The Hall–Kier alpha value is -0.570. The molecule has 4 N–H and O–H groups in total. The van der Waals surface area contributed by atoms with E-state index in [1.807, 2.05) is 0 Å². The van der Waals surface area contributed by atoms with E-state index in [1.54, 1.807) is 0 Å². The zero-order chi connectivity index (χ0) is 13.2. The van der Waals surface area contributed by atoms with E-state index < -0.39 is 30.5 Å². The van der Waals surface area contributed by atoms with Crippen LogP contribution < -0.4 is 11.5 Å². The third-order valence-corrected chi connectivity index (χ3v) is 1.96. The van der Waals surface area contributed by atoms with Gasteiger partial charge in [0.25, 0.3) is 0 Å². The fraction of sp³-hybridized carbons (Fsp3) is 1.00. The SMILES string of the molecule is NCCC[C@H](N)C(F)(F)C(F)(F)C(F)(F)F. The molecule has 0 aliphatic heterocycles. The smallest absolute Gasteiger partial charge is 0.330 e. The van der Waals surface area contributed by atoms with Crippen molar-refractivity contribution in [3.05, 3.63) is 0 Å². The lowest BCUT2D eigenvalue weighted by Gasteiger charge is -2.32. The molecule has 0 spiro atoms. The van der Waals surface area contributed by atoms with Crippen molar-refractivity contribution < 1.29 is 30.7 Å². The van der Waals surface area contributed by atoms with Gasteiger partial charge in [0, 0.05) is 0 Å². The maximum atomic E-state index is 12.8. The molecular weight excluding hydrogens is 245 g/mol. The maximum Gasteiger partial charge on any atom is 0.459 e. The average molecular weight is 256 g/mol. The van der Waals surface area contributed by atoms with Crippen molar-refractivity contribution in [3.8, 4) is 0 Å². The van der Waals surface area contributed by atoms with Crippen molar-refractivity contribution in [2.45, 2.75) is 36.9 Å². The first-order valence-corrected chi connectivity index (χ1v) is 4.26. The van der Waals surface area contributed by atoms with Crippen LogP contribution in [0, 0.1) is 0 Å². The van der Waals surface area contributed by atoms with Gasteiger partial charge in [-0.3, -0.25) is 0 Å². The molecule has 0 aliphatic rings. The monoisotopic (exact) mass is 256 g/mol. The molecule has 0 aromatic heterocycles. The lowest BCUT2D eigenvalue weighted by molar-refractivity contribution is -0.358. The minimum atomic E-state index is -6.34. The van der Waals surface area contributed by atoms with Gasteiger partial charge in [0.2, 0.25) is 0 Å². The summed E-state index contributed by atoms with van der Waals surface area (Å²) in [6.07, 6.45) is -7.21. The second-order valence-corrected chi connectivity index (χ2v) is 3.23. The highest BCUT2D eigenvalue weighted by atomic mass is 19.4. The van der Waals surface area contributed by atoms with Gasteiger partial charge in [-0.2, -0.15) is 30.7 Å². The molecule has 0 saturated heterocycles. The maximum absolute atomic E-state index is 12.8. The Morgan fingerprint density at radius 2 is 1.38 bits per heavy atom. The fourth-order valence-electron chi connectivity index (χ4n) is 0.941. The molecule has 0 aromatic carbocycles. The normalized spacial score (nSPS) is 16.3. The van der Waals surface area contributed by atoms with E-state index in [0.717, 1.165) is 0 Å². The third kappa shape index (κ3) is 2.76. The van der Waals surface area contributed by atoms with Gasteiger partial charge in [-0.15, -0.1) is 0 Å². The molecule has 0 radical (unpaired) electrons. The molecule has 0 bridgehead atoms. The quantitative estimate of drug-likeness (QED) is 0.738. The molecule has 0 saturated carbocycles. The van der Waals surface area contributed by atoms with Gasteiger partial charge in [0.1, 0.15) is 0 Å². The Morgan fingerprint density at radius 1 is 0.938 bits per heavy atom. The van der Waals surface area contributed by atoms with Crippen molar-refractivity contribution in [3.63, 3.8) is 0 Å². The summed E-state index contributed by atoms with van der Waals surface area (Å²) < 4.78 is 85.5. The summed E-state index contributed by atoms with van der Waals surface area (Å²) in [6, 6.07) is -2.59. The molecule has 0 amide bonds. The summed E-state index contributed by atoms with van der Waals surface area (Å²) in [6.45, 7) is -0.124. The highest BCUT2D eigenvalue weighted by molar-refractivity contribution is 4.97. The van der Waals surface area contributed by atoms with Gasteiger partial charge in [-0.05, 0) is 19.4 Å². The summed E-state index contributed by atoms with van der Waals surface area (Å²) in [4.78, 5) is 0. The molecule has 98 valence electrons. The van der Waals surface area contributed by atoms with Gasteiger partial charge in [0.15, 0.2) is 0 Å². The van der Waals surface area contributed by atoms with Crippen LogP contribution in [0.4, 0.5) is 30.7 Å². The summed E-state index contributed by atoms with van der Waals surface area (Å²) in [5.74, 6) is -11.5. The van der Waals surface area contributed by atoms with Crippen molar-refractivity contribution in [2.24, 2.45) is 11.5 Å². The van der Waals surface area contributed by atoms with Gasteiger partial charge in [-0.1, -0.05) is 0 Å². The average Bonchev–Trinajstić information content (AvgIpc) is 2.11. The van der Waals surface area contributed by atoms with Crippen LogP contribution in [-0.2, 0) is 0 Å². The van der Waals surface area contributed by atoms with Gasteiger partial charge < -0.3 is 11.5 Å². The molecule has 9 heteroatoms. The molecular formula is C7H11F7N2. The van der Waals surface area contributed by atoms with Crippen LogP contribution in [0.25, 0.3) is 0 Å². The van der Waals surface area contributed by atoms with Crippen molar-refractivity contribution >= 4 is 0 Å². The molecule has 16 heavy (non-hydrogen) atoms. The van der Waals surface area contributed by atoms with Crippen LogP contribution in [0.3, 0.4) is 0 Å². The number of hydrogen-bond donors (Lipinski definition) is 2. The van der Waals surface area contributed by atoms with Crippen molar-refractivity contribution in [1.29, 1.82) is 0 Å². The minimum Gasteiger partial charge on any atom is -0.330 e. The van der Waals surface area contributed by atoms with Gasteiger partial charge >= 0.3 is 18.0 Å². The van der Waals surface area contributed by atoms with Crippen LogP contribution in [-0.4, -0.2) is 30.6 Å². The lowest BCUT2D eigenvalue weighted by Crippen LogP contribution is -2.60. The van der Waals surface area contributed by atoms with Crippen LogP contribution in [0.1, 0.15) is 12.8 Å². The minimum absolute atomic E-state index is 0.124. The number of halogens is 7. The van der Waals surface area contributed by atoms with Crippen LogP contribution >= 0.6 is 0 Å². The summed E-state index contributed by atoms with van der Waals surface area (Å²) in [5.41, 5.74) is 9.54. The summed E-state index contributed by atoms with van der Waals surface area (Å²) in [7, 11) is 0. The first-order chi connectivity index (χ1) is 6.98. The van der Waals surface area contributed by atoms with Gasteiger partial charge in [0.05, 0.1) is 6.04 Å². The molecule has 1 atom stereocenters. The lowest BCUT2D eigenvalue weighted by atomic mass is 9.99. The molecule has 0 aromatic rings. The topological polar surface area (TPSA) is 52.0 Å². The molecule has 0 rings (SSSR count). The van der Waals surface area contributed by atoms with Gasteiger partial charge in [-0.25, -0.2) is 0 Å². The molecule has 0 fully saturated rings. The second-order valence-electron chi connectivity index (χ2n) is 3.23. The zero-order valence-corrected chi connectivity index (χ0v) is 8.00. The predicted octanol–water partition coefficient (Wildman–Crippen LogP) is 1.89. The number of alkyl halides is 7. The van der Waals surface area contributed by atoms with E-state index in [1.165, 1.54) is 0 Å². The molecule has 0 unspecified atom stereocenters. The Balaban J connectivity index is 4.89. The predicted molar refractivity (Wildman–Crippen MR) is 42.2 cm³/mol. The molecule has 0 aliphatic carbocycles. The largest absolute Gasteiger partial charge is 0.459 e. The fourth-order valence-corrected chi connectivity index (χ4v) is 0.941. The van der Waals surface area contributed by atoms with Crippen molar-refractivity contribution in [2.75, 3.05) is 6.54 Å². The zero-order valence-electron chi connectivity index (χ0n) is 8.00. The number of rotatable bonds is 5. The Labute approximate surface area is 86.8 Å². The number of hydrogen-bond acceptors (Lipinski definition) is 2. The van der Waals surface area contributed by atoms with E-state index >= 15 is 0 Å². The Kier molecular flexibility index (Phi) is 4.57. The van der Waals surface area contributed by atoms with E-state index in [0.29, 0.717) is 0 Å². The highest BCUT2D eigenvalue weighted by Gasteiger charge is 2.74.